The van der Waals surface area contributed by atoms with Crippen LogP contribution in [0.4, 0.5) is 11.4 Å². The molecular weight excluding hydrogens is 276 g/mol. The maximum Gasteiger partial charge on any atom is 0.311 e. The minimum absolute atomic E-state index is 0.110. The zero-order chi connectivity index (χ0) is 15.4. The van der Waals surface area contributed by atoms with Gasteiger partial charge in [0.15, 0.2) is 5.75 Å². The summed E-state index contributed by atoms with van der Waals surface area (Å²) in [5.41, 5.74) is 0.525. The van der Waals surface area contributed by atoms with Gasteiger partial charge in [-0.2, -0.15) is 0 Å². The van der Waals surface area contributed by atoms with Crippen molar-refractivity contribution in [1.82, 2.24) is 0 Å². The SMILES string of the molecule is COc1cc(NC2CCCCC2C(=O)O)ccc1[N+](=O)[O-]. The third-order valence-electron chi connectivity index (χ3n) is 3.81. The second-order valence-electron chi connectivity index (χ2n) is 5.12. The Morgan fingerprint density at radius 2 is 2.14 bits per heavy atom. The van der Waals surface area contributed by atoms with E-state index in [2.05, 4.69) is 5.32 Å². The van der Waals surface area contributed by atoms with Gasteiger partial charge in [-0.05, 0) is 18.9 Å². The number of nitro benzene ring substituents is 1. The van der Waals surface area contributed by atoms with Crippen molar-refractivity contribution in [2.24, 2.45) is 5.92 Å². The third-order valence-corrected chi connectivity index (χ3v) is 3.81. The lowest BCUT2D eigenvalue weighted by Gasteiger charge is -2.30. The Morgan fingerprint density at radius 3 is 2.76 bits per heavy atom. The third kappa shape index (κ3) is 3.42. The summed E-state index contributed by atoms with van der Waals surface area (Å²) in [7, 11) is 1.37. The molecule has 0 aromatic heterocycles. The molecule has 1 aromatic rings. The number of nitro groups is 1. The van der Waals surface area contributed by atoms with Crippen molar-refractivity contribution in [3.8, 4) is 5.75 Å². The first-order valence-corrected chi connectivity index (χ1v) is 6.84. The van der Waals surface area contributed by atoms with Gasteiger partial charge in [0.2, 0.25) is 0 Å². The number of nitrogens with zero attached hydrogens (tertiary/aromatic N) is 1. The van der Waals surface area contributed by atoms with Crippen molar-refractivity contribution >= 4 is 17.3 Å². The number of nitrogens with one attached hydrogen (secondary N) is 1. The lowest BCUT2D eigenvalue weighted by molar-refractivity contribution is -0.385. The van der Waals surface area contributed by atoms with Gasteiger partial charge in [-0.25, -0.2) is 0 Å². The molecule has 7 heteroatoms. The van der Waals surface area contributed by atoms with E-state index in [9.17, 15) is 20.0 Å². The van der Waals surface area contributed by atoms with E-state index in [1.54, 1.807) is 6.07 Å². The largest absolute Gasteiger partial charge is 0.490 e. The Kier molecular flexibility index (Phi) is 4.62. The number of carboxylic acid groups (broad SMARTS) is 1. The zero-order valence-corrected chi connectivity index (χ0v) is 11.7. The lowest BCUT2D eigenvalue weighted by Crippen LogP contribution is -2.37. The highest BCUT2D eigenvalue weighted by atomic mass is 16.6. The highest BCUT2D eigenvalue weighted by Crippen LogP contribution is 2.32. The first-order valence-electron chi connectivity index (χ1n) is 6.84. The summed E-state index contributed by atoms with van der Waals surface area (Å²) in [5.74, 6) is -1.08. The van der Waals surface area contributed by atoms with Crippen molar-refractivity contribution in [3.05, 3.63) is 28.3 Å². The summed E-state index contributed by atoms with van der Waals surface area (Å²) >= 11 is 0. The molecule has 1 aliphatic carbocycles. The highest BCUT2D eigenvalue weighted by Gasteiger charge is 2.31. The quantitative estimate of drug-likeness (QED) is 0.639. The van der Waals surface area contributed by atoms with Crippen LogP contribution in [-0.4, -0.2) is 29.2 Å². The molecule has 7 nitrogen and oxygen atoms in total. The summed E-state index contributed by atoms with van der Waals surface area (Å²) in [6.07, 6.45) is 3.32. The van der Waals surface area contributed by atoms with Crippen molar-refractivity contribution in [2.75, 3.05) is 12.4 Å². The van der Waals surface area contributed by atoms with Gasteiger partial charge in [-0.1, -0.05) is 12.8 Å². The van der Waals surface area contributed by atoms with Gasteiger partial charge in [0.25, 0.3) is 0 Å². The molecule has 0 saturated heterocycles. The molecule has 114 valence electrons. The fourth-order valence-electron chi connectivity index (χ4n) is 2.73. The summed E-state index contributed by atoms with van der Waals surface area (Å²) in [5, 5.41) is 23.3. The first kappa shape index (κ1) is 15.1. The standard InChI is InChI=1S/C14H18N2O5/c1-21-13-8-9(6-7-12(13)16(19)20)15-11-5-3-2-4-10(11)14(17)18/h6-8,10-11,15H,2-5H2,1H3,(H,17,18). The topological polar surface area (TPSA) is 102 Å². The molecule has 1 saturated carbocycles. The van der Waals surface area contributed by atoms with Crippen molar-refractivity contribution in [1.29, 1.82) is 0 Å². The number of aliphatic carboxylic acids is 1. The van der Waals surface area contributed by atoms with Crippen LogP contribution in [0.3, 0.4) is 0 Å². The maximum absolute atomic E-state index is 11.3. The van der Waals surface area contributed by atoms with Crippen LogP contribution in [0.2, 0.25) is 0 Å². The molecule has 1 aromatic carbocycles. The Hall–Kier alpha value is -2.31. The van der Waals surface area contributed by atoms with E-state index >= 15 is 0 Å². The molecule has 1 fully saturated rings. The van der Waals surface area contributed by atoms with E-state index in [4.69, 9.17) is 4.74 Å². The summed E-state index contributed by atoms with van der Waals surface area (Å²) in [6.45, 7) is 0. The number of benzene rings is 1. The Bertz CT molecular complexity index is 546. The minimum atomic E-state index is -0.805. The second kappa shape index (κ2) is 6.43. The molecule has 2 atom stereocenters. The number of carboxylic acids is 1. The molecule has 1 aliphatic rings. The molecule has 2 rings (SSSR count). The van der Waals surface area contributed by atoms with Crippen LogP contribution in [0.1, 0.15) is 25.7 Å². The number of ether oxygens (including phenoxy) is 1. The van der Waals surface area contributed by atoms with E-state index in [0.29, 0.717) is 12.1 Å². The van der Waals surface area contributed by atoms with Crippen LogP contribution in [0.5, 0.6) is 5.75 Å². The highest BCUT2D eigenvalue weighted by molar-refractivity contribution is 5.72. The van der Waals surface area contributed by atoms with Crippen molar-refractivity contribution in [3.63, 3.8) is 0 Å². The first-order chi connectivity index (χ1) is 10.0. The maximum atomic E-state index is 11.3. The van der Waals surface area contributed by atoms with E-state index < -0.39 is 16.8 Å². The van der Waals surface area contributed by atoms with Gasteiger partial charge < -0.3 is 15.2 Å². The van der Waals surface area contributed by atoms with Gasteiger partial charge >= 0.3 is 11.7 Å². The molecule has 2 unspecified atom stereocenters. The smallest absolute Gasteiger partial charge is 0.311 e. The molecule has 0 amide bonds. The Labute approximate surface area is 122 Å². The van der Waals surface area contributed by atoms with Gasteiger partial charge in [0, 0.05) is 23.9 Å². The van der Waals surface area contributed by atoms with E-state index in [-0.39, 0.29) is 17.5 Å². The predicted octanol–water partition coefficient (Wildman–Crippen LogP) is 2.66. The molecule has 0 radical (unpaired) electrons. The predicted molar refractivity (Wildman–Crippen MR) is 76.7 cm³/mol. The average Bonchev–Trinajstić information content (AvgIpc) is 2.47. The number of rotatable bonds is 5. The van der Waals surface area contributed by atoms with Crippen molar-refractivity contribution in [2.45, 2.75) is 31.7 Å². The number of carbonyl (C=O) groups is 1. The van der Waals surface area contributed by atoms with Crippen LogP contribution in [0.25, 0.3) is 0 Å². The molecule has 0 heterocycles. The van der Waals surface area contributed by atoms with E-state index in [1.807, 2.05) is 0 Å². The normalized spacial score (nSPS) is 21.6. The fraction of sp³-hybridized carbons (Fsp3) is 0.500. The van der Waals surface area contributed by atoms with Crippen molar-refractivity contribution < 1.29 is 19.6 Å². The van der Waals surface area contributed by atoms with Crippen LogP contribution < -0.4 is 10.1 Å². The molecular formula is C14H18N2O5. The molecule has 0 spiro atoms. The Balaban J connectivity index is 2.18. The summed E-state index contributed by atoms with van der Waals surface area (Å²) in [6, 6.07) is 4.31. The number of anilines is 1. The lowest BCUT2D eigenvalue weighted by atomic mass is 9.84. The molecule has 0 aliphatic heterocycles. The van der Waals surface area contributed by atoms with Gasteiger partial charge in [0.1, 0.15) is 0 Å². The number of hydrogen-bond donors (Lipinski definition) is 2. The zero-order valence-electron chi connectivity index (χ0n) is 11.7. The number of hydrogen-bond acceptors (Lipinski definition) is 5. The molecule has 0 bridgehead atoms. The van der Waals surface area contributed by atoms with Gasteiger partial charge in [-0.15, -0.1) is 0 Å². The fourth-order valence-corrected chi connectivity index (χ4v) is 2.73. The summed E-state index contributed by atoms with van der Waals surface area (Å²) < 4.78 is 5.01. The summed E-state index contributed by atoms with van der Waals surface area (Å²) in [4.78, 5) is 21.6. The minimum Gasteiger partial charge on any atom is -0.490 e. The number of methoxy groups -OCH3 is 1. The molecule has 21 heavy (non-hydrogen) atoms. The Morgan fingerprint density at radius 1 is 1.43 bits per heavy atom. The van der Waals surface area contributed by atoms with E-state index in [0.717, 1.165) is 19.3 Å². The van der Waals surface area contributed by atoms with Crippen LogP contribution in [-0.2, 0) is 4.79 Å². The second-order valence-corrected chi connectivity index (χ2v) is 5.12. The van der Waals surface area contributed by atoms with Gasteiger partial charge in [-0.3, -0.25) is 14.9 Å². The van der Waals surface area contributed by atoms with Crippen LogP contribution in [0.15, 0.2) is 18.2 Å². The van der Waals surface area contributed by atoms with Crippen LogP contribution >= 0.6 is 0 Å². The average molecular weight is 294 g/mol. The van der Waals surface area contributed by atoms with E-state index in [1.165, 1.54) is 19.2 Å². The molecule has 2 N–H and O–H groups in total. The monoisotopic (exact) mass is 294 g/mol. The van der Waals surface area contributed by atoms with Gasteiger partial charge in [0.05, 0.1) is 18.0 Å². The van der Waals surface area contributed by atoms with Crippen LogP contribution in [0, 0.1) is 16.0 Å².